The van der Waals surface area contributed by atoms with E-state index in [-0.39, 0.29) is 0 Å². The average molecular weight is 185 g/mol. The Bertz CT molecular complexity index is 147. The molecule has 13 heavy (non-hydrogen) atoms. The molecule has 0 spiro atoms. The Balaban J connectivity index is 2.37. The molecule has 1 fully saturated rings. The first-order valence-electron chi connectivity index (χ1n) is 5.16. The maximum Gasteiger partial charge on any atom is 0.00188 e. The van der Waals surface area contributed by atoms with Crippen LogP contribution in [0.1, 0.15) is 6.42 Å². The molecule has 3 heteroatoms. The van der Waals surface area contributed by atoms with Gasteiger partial charge in [0.25, 0.3) is 0 Å². The van der Waals surface area contributed by atoms with E-state index < -0.39 is 0 Å². The highest BCUT2D eigenvalue weighted by Gasteiger charge is 2.26. The molecular weight excluding hydrogens is 162 g/mol. The van der Waals surface area contributed by atoms with Gasteiger partial charge < -0.3 is 15.5 Å². The van der Waals surface area contributed by atoms with Gasteiger partial charge in [0.05, 0.1) is 0 Å². The number of nitrogens with zero attached hydrogens (tertiary/aromatic N) is 2. The van der Waals surface area contributed by atoms with E-state index in [1.807, 2.05) is 0 Å². The fourth-order valence-corrected chi connectivity index (χ4v) is 2.24. The number of nitrogens with two attached hydrogens (primary N) is 1. The molecule has 1 aliphatic rings. The highest BCUT2D eigenvalue weighted by molar-refractivity contribution is 4.81. The molecule has 0 aromatic heterocycles. The molecule has 0 amide bonds. The van der Waals surface area contributed by atoms with Crippen molar-refractivity contribution in [2.45, 2.75) is 6.42 Å². The topological polar surface area (TPSA) is 32.5 Å². The zero-order valence-corrected chi connectivity index (χ0v) is 9.16. The molecule has 0 bridgehead atoms. The molecule has 1 heterocycles. The predicted molar refractivity (Wildman–Crippen MR) is 56.7 cm³/mol. The molecule has 2 N–H and O–H groups in total. The van der Waals surface area contributed by atoms with Gasteiger partial charge in [0.2, 0.25) is 0 Å². The molecule has 1 saturated heterocycles. The summed E-state index contributed by atoms with van der Waals surface area (Å²) in [7, 11) is 6.45. The Hall–Kier alpha value is -0.120. The molecule has 0 aromatic rings. The lowest BCUT2D eigenvalue weighted by Gasteiger charge is -2.25. The van der Waals surface area contributed by atoms with Gasteiger partial charge in [-0.15, -0.1) is 0 Å². The van der Waals surface area contributed by atoms with E-state index in [2.05, 4.69) is 30.9 Å². The van der Waals surface area contributed by atoms with Crippen molar-refractivity contribution in [3.8, 4) is 0 Å². The fraction of sp³-hybridized carbons (Fsp3) is 1.00. The molecule has 0 radical (unpaired) electrons. The van der Waals surface area contributed by atoms with Crippen LogP contribution in [0.3, 0.4) is 0 Å². The summed E-state index contributed by atoms with van der Waals surface area (Å²) in [5.74, 6) is 1.50. The van der Waals surface area contributed by atoms with Crippen LogP contribution in [0, 0.1) is 11.8 Å². The number of hydrogen-bond donors (Lipinski definition) is 1. The fourth-order valence-electron chi connectivity index (χ4n) is 2.24. The van der Waals surface area contributed by atoms with Gasteiger partial charge in [0, 0.05) is 13.1 Å². The standard InChI is InChI=1S/C10H23N3/c1-12(2)7-10(6-11)9-4-5-13(3)8-9/h9-10H,4-8,11H2,1-3H3. The Kier molecular flexibility index (Phi) is 4.16. The summed E-state index contributed by atoms with van der Waals surface area (Å²) >= 11 is 0. The van der Waals surface area contributed by atoms with E-state index in [0.29, 0.717) is 5.92 Å². The van der Waals surface area contributed by atoms with Crippen molar-refractivity contribution in [3.05, 3.63) is 0 Å². The van der Waals surface area contributed by atoms with Crippen LogP contribution in [-0.2, 0) is 0 Å². The van der Waals surface area contributed by atoms with Gasteiger partial charge in [0.15, 0.2) is 0 Å². The third-order valence-electron chi connectivity index (χ3n) is 3.00. The maximum atomic E-state index is 5.80. The normalized spacial score (nSPS) is 27.0. The Morgan fingerprint density at radius 3 is 2.62 bits per heavy atom. The third kappa shape index (κ3) is 3.25. The van der Waals surface area contributed by atoms with Gasteiger partial charge in [-0.05, 0) is 52.5 Å². The molecule has 0 saturated carbocycles. The number of hydrogen-bond acceptors (Lipinski definition) is 3. The lowest BCUT2D eigenvalue weighted by molar-refractivity contribution is 0.250. The second kappa shape index (κ2) is 4.94. The van der Waals surface area contributed by atoms with Crippen molar-refractivity contribution in [1.82, 2.24) is 9.80 Å². The zero-order chi connectivity index (χ0) is 9.84. The molecular formula is C10H23N3. The molecule has 3 nitrogen and oxygen atoms in total. The van der Waals surface area contributed by atoms with Crippen molar-refractivity contribution < 1.29 is 0 Å². The summed E-state index contributed by atoms with van der Waals surface area (Å²) in [6.45, 7) is 4.44. The highest BCUT2D eigenvalue weighted by atomic mass is 15.1. The summed E-state index contributed by atoms with van der Waals surface area (Å²) < 4.78 is 0. The van der Waals surface area contributed by atoms with Crippen molar-refractivity contribution >= 4 is 0 Å². The van der Waals surface area contributed by atoms with Crippen LogP contribution in [-0.4, -0.2) is 57.1 Å². The van der Waals surface area contributed by atoms with E-state index in [1.54, 1.807) is 0 Å². The largest absolute Gasteiger partial charge is 0.330 e. The summed E-state index contributed by atoms with van der Waals surface area (Å²) in [5, 5.41) is 0. The minimum atomic E-state index is 0.681. The van der Waals surface area contributed by atoms with E-state index in [1.165, 1.54) is 19.5 Å². The third-order valence-corrected chi connectivity index (χ3v) is 3.00. The first-order valence-corrected chi connectivity index (χ1v) is 5.16. The van der Waals surface area contributed by atoms with Gasteiger partial charge >= 0.3 is 0 Å². The summed E-state index contributed by atoms with van der Waals surface area (Å²) in [6.07, 6.45) is 1.33. The van der Waals surface area contributed by atoms with Crippen LogP contribution in [0.15, 0.2) is 0 Å². The van der Waals surface area contributed by atoms with Gasteiger partial charge in [-0.25, -0.2) is 0 Å². The van der Waals surface area contributed by atoms with Gasteiger partial charge in [-0.2, -0.15) is 0 Å². The molecule has 1 aliphatic heterocycles. The average Bonchev–Trinajstić information content (AvgIpc) is 2.47. The van der Waals surface area contributed by atoms with Crippen LogP contribution in [0.2, 0.25) is 0 Å². The summed E-state index contributed by atoms with van der Waals surface area (Å²) in [4.78, 5) is 4.65. The van der Waals surface area contributed by atoms with E-state index >= 15 is 0 Å². The van der Waals surface area contributed by atoms with E-state index in [9.17, 15) is 0 Å². The zero-order valence-electron chi connectivity index (χ0n) is 9.16. The molecule has 1 rings (SSSR count). The second-order valence-electron chi connectivity index (χ2n) is 4.57. The lowest BCUT2D eigenvalue weighted by atomic mass is 9.91. The predicted octanol–water partition coefficient (Wildman–Crippen LogP) is 0.0746. The Labute approximate surface area is 81.9 Å². The molecule has 0 aliphatic carbocycles. The molecule has 2 atom stereocenters. The molecule has 0 aromatic carbocycles. The Morgan fingerprint density at radius 2 is 2.23 bits per heavy atom. The van der Waals surface area contributed by atoms with Gasteiger partial charge in [0.1, 0.15) is 0 Å². The minimum absolute atomic E-state index is 0.681. The van der Waals surface area contributed by atoms with Crippen LogP contribution in [0.4, 0.5) is 0 Å². The van der Waals surface area contributed by atoms with Crippen LogP contribution < -0.4 is 5.73 Å². The smallest absolute Gasteiger partial charge is 0.00188 e. The van der Waals surface area contributed by atoms with E-state index in [0.717, 1.165) is 19.0 Å². The number of rotatable bonds is 4. The summed E-state index contributed by atoms with van der Waals surface area (Å²) in [6, 6.07) is 0. The van der Waals surface area contributed by atoms with Crippen LogP contribution in [0.5, 0.6) is 0 Å². The number of likely N-dealkylation sites (tertiary alicyclic amines) is 1. The first-order chi connectivity index (χ1) is 6.13. The van der Waals surface area contributed by atoms with Crippen molar-refractivity contribution in [1.29, 1.82) is 0 Å². The van der Waals surface area contributed by atoms with E-state index in [4.69, 9.17) is 5.73 Å². The summed E-state index contributed by atoms with van der Waals surface area (Å²) in [5.41, 5.74) is 5.80. The second-order valence-corrected chi connectivity index (χ2v) is 4.57. The molecule has 78 valence electrons. The van der Waals surface area contributed by atoms with Gasteiger partial charge in [-0.3, -0.25) is 0 Å². The minimum Gasteiger partial charge on any atom is -0.330 e. The SMILES string of the molecule is CN(C)CC(CN)C1CCN(C)C1. The Morgan fingerprint density at radius 1 is 1.54 bits per heavy atom. The quantitative estimate of drug-likeness (QED) is 0.673. The monoisotopic (exact) mass is 185 g/mol. The van der Waals surface area contributed by atoms with Crippen LogP contribution >= 0.6 is 0 Å². The van der Waals surface area contributed by atoms with Crippen LogP contribution in [0.25, 0.3) is 0 Å². The van der Waals surface area contributed by atoms with Gasteiger partial charge in [-0.1, -0.05) is 0 Å². The van der Waals surface area contributed by atoms with Crippen molar-refractivity contribution in [2.24, 2.45) is 17.6 Å². The highest BCUT2D eigenvalue weighted by Crippen LogP contribution is 2.22. The van der Waals surface area contributed by atoms with Crippen molar-refractivity contribution in [2.75, 3.05) is 47.3 Å². The van der Waals surface area contributed by atoms with Crippen molar-refractivity contribution in [3.63, 3.8) is 0 Å². The lowest BCUT2D eigenvalue weighted by Crippen LogP contribution is -2.34. The first kappa shape index (κ1) is 11.0. The maximum absolute atomic E-state index is 5.80. The molecule has 2 unspecified atom stereocenters.